The molecule has 0 spiro atoms. The Morgan fingerprint density at radius 3 is 1.43 bits per heavy atom. The van der Waals surface area contributed by atoms with Crippen LogP contribution in [0.25, 0.3) is 0 Å². The van der Waals surface area contributed by atoms with E-state index < -0.39 is 32.1 Å². The molecule has 0 amide bonds. The zero-order valence-corrected chi connectivity index (χ0v) is 38.8. The van der Waals surface area contributed by atoms with Crippen molar-refractivity contribution < 1.29 is 46.7 Å². The SMILES string of the molecule is CC(Cc1ccc(OCOP(=O)(OCc2ccccc2)OCc2ccccc2)c(OCc2ccccc2)c1)(C(=O)OCc1ccccc1)N(Cc1ccccc1)NCC(=O)OCc1ccccc1. The van der Waals surface area contributed by atoms with Crippen LogP contribution in [0, 0.1) is 0 Å². The lowest BCUT2D eigenvalue weighted by Crippen LogP contribution is -2.60. The number of esters is 2. The molecule has 0 aliphatic heterocycles. The lowest BCUT2D eigenvalue weighted by Gasteiger charge is -2.39. The summed E-state index contributed by atoms with van der Waals surface area (Å²) in [6, 6.07) is 62.0. The predicted octanol–water partition coefficient (Wildman–Crippen LogP) is 11.0. The number of rotatable bonds is 26. The number of carbonyl (C=O) groups excluding carboxylic acids is 2. The number of nitrogens with zero attached hydrogens (tertiary/aromatic N) is 1. The molecule has 0 radical (unpaired) electrons. The van der Waals surface area contributed by atoms with Crippen LogP contribution in [0.4, 0.5) is 0 Å². The van der Waals surface area contributed by atoms with Gasteiger partial charge in [0.05, 0.1) is 13.2 Å². The van der Waals surface area contributed by atoms with Crippen molar-refractivity contribution in [3.63, 3.8) is 0 Å². The first-order chi connectivity index (χ1) is 33.2. The molecule has 0 saturated heterocycles. The zero-order chi connectivity index (χ0) is 47.3. The third-order valence-electron chi connectivity index (χ3n) is 10.8. The Balaban J connectivity index is 1.15. The molecule has 1 unspecified atom stereocenters. The maximum atomic E-state index is 14.7. The average Bonchev–Trinajstić information content (AvgIpc) is 3.39. The lowest BCUT2D eigenvalue weighted by molar-refractivity contribution is -0.164. The van der Waals surface area contributed by atoms with Crippen LogP contribution in [-0.4, -0.2) is 35.8 Å². The van der Waals surface area contributed by atoms with Gasteiger partial charge in [-0.25, -0.2) is 24.3 Å². The summed E-state index contributed by atoms with van der Waals surface area (Å²) in [6.45, 7) is 1.52. The molecule has 13 heteroatoms. The van der Waals surface area contributed by atoms with Crippen LogP contribution in [0.5, 0.6) is 11.5 Å². The van der Waals surface area contributed by atoms with Crippen molar-refractivity contribution in [2.45, 2.75) is 58.5 Å². The summed E-state index contributed by atoms with van der Waals surface area (Å²) in [7, 11) is -4.18. The van der Waals surface area contributed by atoms with E-state index in [1.165, 1.54) is 0 Å². The molecular formula is C55H55N2O10P. The molecule has 1 N–H and O–H groups in total. The van der Waals surface area contributed by atoms with Crippen LogP contribution in [-0.2, 0) is 83.2 Å². The number of benzene rings is 7. The summed E-state index contributed by atoms with van der Waals surface area (Å²) in [5, 5.41) is 1.73. The number of ether oxygens (including phenoxy) is 4. The Labute approximate surface area is 397 Å². The highest BCUT2D eigenvalue weighted by atomic mass is 31.2. The number of hydrazine groups is 1. The minimum Gasteiger partial charge on any atom is -0.485 e. The smallest absolute Gasteiger partial charge is 0.478 e. The van der Waals surface area contributed by atoms with Crippen molar-refractivity contribution in [1.29, 1.82) is 0 Å². The lowest BCUT2D eigenvalue weighted by atomic mass is 9.91. The van der Waals surface area contributed by atoms with Gasteiger partial charge in [-0.1, -0.05) is 188 Å². The van der Waals surface area contributed by atoms with Crippen LogP contribution in [0.2, 0.25) is 0 Å². The Kier molecular flexibility index (Phi) is 18.2. The number of nitrogens with one attached hydrogen (secondary N) is 1. The van der Waals surface area contributed by atoms with Gasteiger partial charge in [-0.15, -0.1) is 0 Å². The molecule has 7 rings (SSSR count). The highest BCUT2D eigenvalue weighted by Crippen LogP contribution is 2.51. The molecule has 0 saturated carbocycles. The third kappa shape index (κ3) is 15.3. The van der Waals surface area contributed by atoms with Crippen LogP contribution in [0.15, 0.2) is 200 Å². The standard InChI is InChI=1S/C55H55N2O10P/c1-55(54(59)63-40-47-26-14-5-15-27-47,57(37-44-20-8-2-9-21-44)56-36-53(58)62-39-46-24-12-4-13-25-46)35-50-32-33-51(52(34-50)61-38-45-22-10-3-11-23-45)64-43-67-68(60,65-41-48-28-16-6-17-29-48)66-42-49-30-18-7-19-31-49/h2-34,56H,35-43H2,1H3. The number of carbonyl (C=O) groups is 2. The van der Waals surface area contributed by atoms with Gasteiger partial charge in [0.1, 0.15) is 31.9 Å². The monoisotopic (exact) mass is 934 g/mol. The number of phosphoric acid groups is 1. The van der Waals surface area contributed by atoms with Gasteiger partial charge < -0.3 is 18.9 Å². The average molecular weight is 935 g/mol. The Hall–Kier alpha value is -6.89. The molecular weight excluding hydrogens is 880 g/mol. The molecule has 0 aromatic heterocycles. The van der Waals surface area contributed by atoms with E-state index in [0.717, 1.165) is 33.4 Å². The van der Waals surface area contributed by atoms with Gasteiger partial charge in [0.2, 0.25) is 6.79 Å². The molecule has 68 heavy (non-hydrogen) atoms. The van der Waals surface area contributed by atoms with Crippen molar-refractivity contribution in [1.82, 2.24) is 10.4 Å². The number of hydrogen-bond donors (Lipinski definition) is 1. The first-order valence-corrected chi connectivity index (χ1v) is 23.7. The second kappa shape index (κ2) is 25.3. The fourth-order valence-electron chi connectivity index (χ4n) is 7.03. The maximum Gasteiger partial charge on any atom is 0.478 e. The van der Waals surface area contributed by atoms with E-state index in [1.54, 1.807) is 30.1 Å². The summed E-state index contributed by atoms with van der Waals surface area (Å²) in [5.74, 6) is -0.444. The molecule has 0 heterocycles. The highest BCUT2D eigenvalue weighted by molar-refractivity contribution is 7.48. The van der Waals surface area contributed by atoms with Gasteiger partial charge in [0.15, 0.2) is 11.5 Å². The molecule has 12 nitrogen and oxygen atoms in total. The second-order valence-electron chi connectivity index (χ2n) is 16.0. The largest absolute Gasteiger partial charge is 0.485 e. The second-order valence-corrected chi connectivity index (χ2v) is 17.6. The van der Waals surface area contributed by atoms with Gasteiger partial charge in [-0.05, 0) is 58.0 Å². The quantitative estimate of drug-likeness (QED) is 0.0240. The van der Waals surface area contributed by atoms with Crippen molar-refractivity contribution in [2.75, 3.05) is 13.3 Å². The van der Waals surface area contributed by atoms with Gasteiger partial charge in [-0.3, -0.25) is 13.8 Å². The summed E-state index contributed by atoms with van der Waals surface area (Å²) in [5.41, 5.74) is 7.50. The van der Waals surface area contributed by atoms with Gasteiger partial charge in [-0.2, -0.15) is 0 Å². The molecule has 0 aliphatic carbocycles. The van der Waals surface area contributed by atoms with Crippen LogP contribution >= 0.6 is 7.82 Å². The first-order valence-electron chi connectivity index (χ1n) is 22.2. The van der Waals surface area contributed by atoms with E-state index in [4.69, 9.17) is 32.5 Å². The topological polar surface area (TPSA) is 131 Å². The van der Waals surface area contributed by atoms with Crippen molar-refractivity contribution in [2.24, 2.45) is 0 Å². The van der Waals surface area contributed by atoms with Gasteiger partial charge in [0.25, 0.3) is 0 Å². The minimum atomic E-state index is -4.18. The van der Waals surface area contributed by atoms with Gasteiger partial charge >= 0.3 is 19.8 Å². The van der Waals surface area contributed by atoms with E-state index in [-0.39, 0.29) is 58.3 Å². The summed E-state index contributed by atoms with van der Waals surface area (Å²) >= 11 is 0. The molecule has 0 aliphatic rings. The fraction of sp³-hybridized carbons (Fsp3) is 0.200. The molecule has 0 fully saturated rings. The van der Waals surface area contributed by atoms with Crippen molar-refractivity contribution in [3.8, 4) is 11.5 Å². The van der Waals surface area contributed by atoms with Gasteiger partial charge in [0, 0.05) is 13.0 Å². The zero-order valence-electron chi connectivity index (χ0n) is 37.9. The van der Waals surface area contributed by atoms with Crippen LogP contribution in [0.1, 0.15) is 45.9 Å². The minimum absolute atomic E-state index is 0.0232. The fourth-order valence-corrected chi connectivity index (χ4v) is 8.05. The maximum absolute atomic E-state index is 14.7. The summed E-state index contributed by atoms with van der Waals surface area (Å²) < 4.78 is 55.8. The van der Waals surface area contributed by atoms with E-state index in [0.29, 0.717) is 11.3 Å². The molecule has 7 aromatic carbocycles. The number of phosphoric ester groups is 1. The molecule has 7 aromatic rings. The van der Waals surface area contributed by atoms with Crippen molar-refractivity contribution in [3.05, 3.63) is 239 Å². The number of hydrogen-bond acceptors (Lipinski definition) is 12. The van der Waals surface area contributed by atoms with E-state index in [9.17, 15) is 14.2 Å². The Morgan fingerprint density at radius 1 is 0.485 bits per heavy atom. The predicted molar refractivity (Wildman–Crippen MR) is 258 cm³/mol. The normalized spacial score (nSPS) is 12.2. The molecule has 1 atom stereocenters. The highest BCUT2D eigenvalue weighted by Gasteiger charge is 2.42. The van der Waals surface area contributed by atoms with E-state index >= 15 is 0 Å². The molecule has 0 bridgehead atoms. The van der Waals surface area contributed by atoms with Crippen molar-refractivity contribution >= 4 is 19.8 Å². The third-order valence-corrected chi connectivity index (χ3v) is 12.1. The summed E-state index contributed by atoms with van der Waals surface area (Å²) in [4.78, 5) is 27.9. The Bertz CT molecular complexity index is 2600. The van der Waals surface area contributed by atoms with E-state index in [2.05, 4.69) is 5.43 Å². The molecule has 350 valence electrons. The van der Waals surface area contributed by atoms with Crippen LogP contribution in [0.3, 0.4) is 0 Å². The first kappa shape index (κ1) is 49.0. The Morgan fingerprint density at radius 2 is 0.926 bits per heavy atom. The van der Waals surface area contributed by atoms with Crippen LogP contribution < -0.4 is 14.9 Å². The van der Waals surface area contributed by atoms with E-state index in [1.807, 2.05) is 182 Å². The summed E-state index contributed by atoms with van der Waals surface area (Å²) in [6.07, 6.45) is 0.0911.